The van der Waals surface area contributed by atoms with Crippen LogP contribution in [-0.4, -0.2) is 64.0 Å². The van der Waals surface area contributed by atoms with Crippen LogP contribution in [0.25, 0.3) is 0 Å². The summed E-state index contributed by atoms with van der Waals surface area (Å²) < 4.78 is 8.10. The summed E-state index contributed by atoms with van der Waals surface area (Å²) in [6, 6.07) is 4.11. The van der Waals surface area contributed by atoms with E-state index in [4.69, 9.17) is 4.74 Å². The Morgan fingerprint density at radius 1 is 1.15 bits per heavy atom. The number of anilines is 1. The Balaban J connectivity index is 1.36. The first-order valence-electron chi connectivity index (χ1n) is 9.57. The fraction of sp³-hybridized carbons (Fsp3) is 0.632. The minimum Gasteiger partial charge on any atom is -0.372 e. The van der Waals surface area contributed by atoms with E-state index in [2.05, 4.69) is 30.9 Å². The largest absolute Gasteiger partial charge is 0.372 e. The van der Waals surface area contributed by atoms with Gasteiger partial charge < -0.3 is 9.64 Å². The molecule has 0 spiro atoms. The van der Waals surface area contributed by atoms with E-state index in [0.29, 0.717) is 5.92 Å². The van der Waals surface area contributed by atoms with Crippen LogP contribution in [0.1, 0.15) is 30.5 Å². The second kappa shape index (κ2) is 7.72. The molecule has 140 valence electrons. The Hall–Kier alpha value is -1.99. The number of aromatic nitrogens is 4. The summed E-state index contributed by atoms with van der Waals surface area (Å²) >= 11 is 0. The molecular formula is C19H28N6O. The van der Waals surface area contributed by atoms with Crippen molar-refractivity contribution < 1.29 is 4.74 Å². The summed E-state index contributed by atoms with van der Waals surface area (Å²) in [5, 5.41) is 4.33. The van der Waals surface area contributed by atoms with Gasteiger partial charge in [0.05, 0.1) is 5.69 Å². The lowest BCUT2D eigenvalue weighted by molar-refractivity contribution is -0.0435. The van der Waals surface area contributed by atoms with Gasteiger partial charge in [0.15, 0.2) is 0 Å². The molecule has 4 heterocycles. The maximum atomic E-state index is 6.15. The molecule has 2 atom stereocenters. The number of nitrogens with zero attached hydrogens (tertiary/aromatic N) is 6. The molecule has 2 aromatic heterocycles. The molecule has 2 fully saturated rings. The zero-order chi connectivity index (χ0) is 17.9. The fourth-order valence-electron chi connectivity index (χ4n) is 4.13. The van der Waals surface area contributed by atoms with E-state index >= 15 is 0 Å². The van der Waals surface area contributed by atoms with Gasteiger partial charge in [0.2, 0.25) is 0 Å². The Morgan fingerprint density at radius 3 is 2.73 bits per heavy atom. The predicted octanol–water partition coefficient (Wildman–Crippen LogP) is 1.81. The van der Waals surface area contributed by atoms with Gasteiger partial charge in [-0.1, -0.05) is 0 Å². The summed E-state index contributed by atoms with van der Waals surface area (Å²) in [5.74, 6) is 2.42. The quantitative estimate of drug-likeness (QED) is 0.833. The third kappa shape index (κ3) is 3.73. The van der Waals surface area contributed by atoms with Gasteiger partial charge in [-0.15, -0.1) is 0 Å². The molecule has 4 rings (SSSR count). The van der Waals surface area contributed by atoms with Crippen molar-refractivity contribution in [1.82, 2.24) is 24.6 Å². The molecular weight excluding hydrogens is 328 g/mol. The van der Waals surface area contributed by atoms with Crippen LogP contribution in [0, 0.1) is 12.8 Å². The van der Waals surface area contributed by atoms with Crippen LogP contribution in [0.5, 0.6) is 0 Å². The van der Waals surface area contributed by atoms with Gasteiger partial charge in [-0.2, -0.15) is 5.10 Å². The monoisotopic (exact) mass is 356 g/mol. The van der Waals surface area contributed by atoms with Gasteiger partial charge in [0, 0.05) is 64.7 Å². The van der Waals surface area contributed by atoms with Crippen LogP contribution in [0.3, 0.4) is 0 Å². The highest BCUT2D eigenvalue weighted by Crippen LogP contribution is 2.34. The SMILES string of the molecule is Cc1nccc(N2CCN(C[C@@H]3CCCO[C@H]3c3ccnn3C)CC2)n1. The highest BCUT2D eigenvalue weighted by molar-refractivity contribution is 5.37. The molecule has 0 aromatic carbocycles. The van der Waals surface area contributed by atoms with Crippen LogP contribution in [0.4, 0.5) is 5.82 Å². The first-order chi connectivity index (χ1) is 12.7. The lowest BCUT2D eigenvalue weighted by Gasteiger charge is -2.40. The summed E-state index contributed by atoms with van der Waals surface area (Å²) in [6.07, 6.45) is 6.26. The second-order valence-corrected chi connectivity index (χ2v) is 7.32. The molecule has 0 bridgehead atoms. The van der Waals surface area contributed by atoms with Crippen molar-refractivity contribution in [1.29, 1.82) is 0 Å². The lowest BCUT2D eigenvalue weighted by atomic mass is 9.91. The molecule has 0 aliphatic carbocycles. The molecule has 0 saturated carbocycles. The molecule has 2 saturated heterocycles. The minimum absolute atomic E-state index is 0.166. The molecule has 2 aliphatic rings. The van der Waals surface area contributed by atoms with Crippen molar-refractivity contribution in [3.63, 3.8) is 0 Å². The number of rotatable bonds is 4. The van der Waals surface area contributed by atoms with E-state index in [9.17, 15) is 0 Å². The number of aryl methyl sites for hydroxylation is 2. The molecule has 0 N–H and O–H groups in total. The van der Waals surface area contributed by atoms with Crippen LogP contribution in [0.15, 0.2) is 24.5 Å². The molecule has 2 aromatic rings. The highest BCUT2D eigenvalue weighted by Gasteiger charge is 2.31. The van der Waals surface area contributed by atoms with E-state index in [-0.39, 0.29) is 6.10 Å². The summed E-state index contributed by atoms with van der Waals surface area (Å²) in [5.41, 5.74) is 1.20. The van der Waals surface area contributed by atoms with E-state index in [1.165, 1.54) is 12.1 Å². The lowest BCUT2D eigenvalue weighted by Crippen LogP contribution is -2.49. The summed E-state index contributed by atoms with van der Waals surface area (Å²) in [7, 11) is 2.01. The average molecular weight is 356 g/mol. The van der Waals surface area contributed by atoms with Crippen molar-refractivity contribution in [2.24, 2.45) is 13.0 Å². The van der Waals surface area contributed by atoms with Crippen molar-refractivity contribution in [2.45, 2.75) is 25.9 Å². The topological polar surface area (TPSA) is 59.3 Å². The highest BCUT2D eigenvalue weighted by atomic mass is 16.5. The van der Waals surface area contributed by atoms with E-state index in [0.717, 1.165) is 57.4 Å². The van der Waals surface area contributed by atoms with Gasteiger partial charge in [0.25, 0.3) is 0 Å². The van der Waals surface area contributed by atoms with E-state index in [1.54, 1.807) is 0 Å². The van der Waals surface area contributed by atoms with Crippen LogP contribution < -0.4 is 4.90 Å². The smallest absolute Gasteiger partial charge is 0.132 e. The maximum Gasteiger partial charge on any atom is 0.132 e. The first-order valence-corrected chi connectivity index (χ1v) is 9.57. The van der Waals surface area contributed by atoms with Crippen molar-refractivity contribution in [3.8, 4) is 0 Å². The third-order valence-electron chi connectivity index (χ3n) is 5.55. The fourth-order valence-corrected chi connectivity index (χ4v) is 4.13. The first kappa shape index (κ1) is 17.4. The predicted molar refractivity (Wildman–Crippen MR) is 100 cm³/mol. The van der Waals surface area contributed by atoms with Crippen molar-refractivity contribution >= 4 is 5.82 Å². The summed E-state index contributed by atoms with van der Waals surface area (Å²) in [4.78, 5) is 13.7. The average Bonchev–Trinajstić information content (AvgIpc) is 3.09. The molecule has 7 nitrogen and oxygen atoms in total. The Bertz CT molecular complexity index is 724. The zero-order valence-corrected chi connectivity index (χ0v) is 15.7. The summed E-state index contributed by atoms with van der Waals surface area (Å²) in [6.45, 7) is 8.05. The molecule has 2 aliphatic heterocycles. The van der Waals surface area contributed by atoms with Crippen LogP contribution in [-0.2, 0) is 11.8 Å². The van der Waals surface area contributed by atoms with Crippen molar-refractivity contribution in [2.75, 3.05) is 44.2 Å². The van der Waals surface area contributed by atoms with E-state index in [1.807, 2.05) is 37.1 Å². The Labute approximate surface area is 155 Å². The Morgan fingerprint density at radius 2 is 2.00 bits per heavy atom. The second-order valence-electron chi connectivity index (χ2n) is 7.32. The van der Waals surface area contributed by atoms with Crippen LogP contribution in [0.2, 0.25) is 0 Å². The normalized spacial score (nSPS) is 24.8. The van der Waals surface area contributed by atoms with Gasteiger partial charge in [-0.05, 0) is 31.9 Å². The molecule has 7 heteroatoms. The molecule has 26 heavy (non-hydrogen) atoms. The molecule has 0 amide bonds. The Kier molecular flexibility index (Phi) is 5.17. The van der Waals surface area contributed by atoms with Gasteiger partial charge in [0.1, 0.15) is 17.7 Å². The standard InChI is InChI=1S/C19H28N6O/c1-15-20-7-6-18(22-15)25-11-9-24(10-12-25)14-16-4-3-13-26-19(16)17-5-8-21-23(17)2/h5-8,16,19H,3-4,9-14H2,1-2H3/t16-,19+/m0/s1. The van der Waals surface area contributed by atoms with Gasteiger partial charge >= 0.3 is 0 Å². The number of hydrogen-bond donors (Lipinski definition) is 0. The third-order valence-corrected chi connectivity index (χ3v) is 5.55. The molecule has 0 radical (unpaired) electrons. The number of ether oxygens (including phenoxy) is 1. The van der Waals surface area contributed by atoms with Crippen molar-refractivity contribution in [3.05, 3.63) is 36.0 Å². The number of piperazine rings is 1. The number of hydrogen-bond acceptors (Lipinski definition) is 6. The van der Waals surface area contributed by atoms with Crippen LogP contribution >= 0.6 is 0 Å². The molecule has 0 unspecified atom stereocenters. The van der Waals surface area contributed by atoms with Gasteiger partial charge in [-0.25, -0.2) is 9.97 Å². The van der Waals surface area contributed by atoms with E-state index < -0.39 is 0 Å². The van der Waals surface area contributed by atoms with Gasteiger partial charge in [-0.3, -0.25) is 9.58 Å². The zero-order valence-electron chi connectivity index (χ0n) is 15.7. The maximum absolute atomic E-state index is 6.15. The minimum atomic E-state index is 0.166.